The predicted molar refractivity (Wildman–Crippen MR) is 100 cm³/mol. The van der Waals surface area contributed by atoms with Crippen LogP contribution in [0.5, 0.6) is 0 Å². The van der Waals surface area contributed by atoms with Gasteiger partial charge in [0.25, 0.3) is 0 Å². The van der Waals surface area contributed by atoms with E-state index >= 15 is 0 Å². The van der Waals surface area contributed by atoms with Gasteiger partial charge in [-0.25, -0.2) is 0 Å². The maximum Gasteiger partial charge on any atom is 0.0629 e. The van der Waals surface area contributed by atoms with E-state index in [2.05, 4.69) is 58.9 Å². The van der Waals surface area contributed by atoms with Gasteiger partial charge in [0.2, 0.25) is 0 Å². The van der Waals surface area contributed by atoms with Crippen molar-refractivity contribution in [3.63, 3.8) is 0 Å². The Hall–Kier alpha value is -1.63. The van der Waals surface area contributed by atoms with Crippen LogP contribution in [0.15, 0.2) is 58.6 Å². The average molecular weight is 297 g/mol. The van der Waals surface area contributed by atoms with Crippen LogP contribution < -0.4 is 0 Å². The van der Waals surface area contributed by atoms with Crippen molar-refractivity contribution in [3.05, 3.63) is 53.6 Å². The Labute approximate surface area is 136 Å². The number of nitrogens with zero attached hydrogens (tertiary/aromatic N) is 1. The third-order valence-electron chi connectivity index (χ3n) is 3.96. The van der Waals surface area contributed by atoms with Crippen LogP contribution in [0, 0.1) is 5.92 Å². The first-order valence-electron chi connectivity index (χ1n) is 8.38. The number of benzene rings is 1. The SMILES string of the molecule is CC(C)=CCCC(C)=CCCC(C)C(C)=Nc1ccccc1. The summed E-state index contributed by atoms with van der Waals surface area (Å²) in [7, 11) is 0. The molecule has 0 N–H and O–H groups in total. The monoisotopic (exact) mass is 297 g/mol. The highest BCUT2D eigenvalue weighted by Crippen LogP contribution is 2.17. The Kier molecular flexibility index (Phi) is 8.50. The molecule has 0 aliphatic heterocycles. The molecular weight excluding hydrogens is 266 g/mol. The van der Waals surface area contributed by atoms with E-state index in [0.717, 1.165) is 18.5 Å². The fourth-order valence-electron chi connectivity index (χ4n) is 2.30. The zero-order chi connectivity index (χ0) is 16.4. The summed E-state index contributed by atoms with van der Waals surface area (Å²) in [6.45, 7) is 11.0. The van der Waals surface area contributed by atoms with Crippen molar-refractivity contribution in [3.8, 4) is 0 Å². The van der Waals surface area contributed by atoms with Crippen LogP contribution in [0.25, 0.3) is 0 Å². The van der Waals surface area contributed by atoms with Crippen molar-refractivity contribution in [2.24, 2.45) is 10.9 Å². The third kappa shape index (κ3) is 7.97. The number of allylic oxidation sites excluding steroid dienone is 4. The van der Waals surface area contributed by atoms with E-state index in [-0.39, 0.29) is 0 Å². The minimum atomic E-state index is 0.530. The van der Waals surface area contributed by atoms with Crippen LogP contribution in [0.4, 0.5) is 5.69 Å². The zero-order valence-corrected chi connectivity index (χ0v) is 14.9. The van der Waals surface area contributed by atoms with Crippen LogP contribution >= 0.6 is 0 Å². The van der Waals surface area contributed by atoms with E-state index in [0.29, 0.717) is 5.92 Å². The molecule has 1 nitrogen and oxygen atoms in total. The van der Waals surface area contributed by atoms with Gasteiger partial charge in [0.1, 0.15) is 0 Å². The van der Waals surface area contributed by atoms with Gasteiger partial charge in [0, 0.05) is 5.71 Å². The fraction of sp³-hybridized carbons (Fsp3) is 0.476. The Morgan fingerprint density at radius 2 is 1.68 bits per heavy atom. The first-order chi connectivity index (χ1) is 10.5. The topological polar surface area (TPSA) is 12.4 Å². The highest BCUT2D eigenvalue weighted by atomic mass is 14.7. The Morgan fingerprint density at radius 1 is 1.00 bits per heavy atom. The number of rotatable bonds is 8. The maximum absolute atomic E-state index is 4.71. The van der Waals surface area contributed by atoms with Crippen molar-refractivity contribution in [1.29, 1.82) is 0 Å². The summed E-state index contributed by atoms with van der Waals surface area (Å²) in [6.07, 6.45) is 9.36. The summed E-state index contributed by atoms with van der Waals surface area (Å²) in [5, 5.41) is 0. The van der Waals surface area contributed by atoms with Crippen LogP contribution in [0.1, 0.15) is 60.3 Å². The molecule has 1 heteroatoms. The van der Waals surface area contributed by atoms with Gasteiger partial charge in [-0.2, -0.15) is 0 Å². The molecule has 0 spiro atoms. The predicted octanol–water partition coefficient (Wildman–Crippen LogP) is 6.89. The molecule has 1 aromatic rings. The molecule has 1 atom stereocenters. The fourth-order valence-corrected chi connectivity index (χ4v) is 2.30. The lowest BCUT2D eigenvalue weighted by molar-refractivity contribution is 0.687. The van der Waals surface area contributed by atoms with Crippen LogP contribution in [-0.2, 0) is 0 Å². The molecule has 0 aliphatic rings. The van der Waals surface area contributed by atoms with Crippen LogP contribution in [-0.4, -0.2) is 5.71 Å². The first kappa shape index (κ1) is 18.4. The minimum absolute atomic E-state index is 0.530. The lowest BCUT2D eigenvalue weighted by atomic mass is 9.99. The molecule has 0 bridgehead atoms. The lowest BCUT2D eigenvalue weighted by Gasteiger charge is -2.10. The normalized spacial score (nSPS) is 13.9. The molecule has 0 aliphatic carbocycles. The van der Waals surface area contributed by atoms with Crippen LogP contribution in [0.3, 0.4) is 0 Å². The van der Waals surface area contributed by atoms with Gasteiger partial charge in [-0.1, -0.05) is 48.4 Å². The second kappa shape index (κ2) is 10.2. The van der Waals surface area contributed by atoms with Gasteiger partial charge in [0.05, 0.1) is 5.69 Å². The number of hydrogen-bond acceptors (Lipinski definition) is 1. The van der Waals surface area contributed by atoms with Gasteiger partial charge in [-0.15, -0.1) is 0 Å². The van der Waals surface area contributed by atoms with Crippen LogP contribution in [0.2, 0.25) is 0 Å². The molecule has 22 heavy (non-hydrogen) atoms. The van der Waals surface area contributed by atoms with Crippen molar-refractivity contribution in [2.75, 3.05) is 0 Å². The Bertz CT molecular complexity index is 516. The van der Waals surface area contributed by atoms with E-state index in [9.17, 15) is 0 Å². The van der Waals surface area contributed by atoms with E-state index < -0.39 is 0 Å². The molecule has 0 fully saturated rings. The molecule has 0 radical (unpaired) electrons. The summed E-state index contributed by atoms with van der Waals surface area (Å²) < 4.78 is 0. The Balaban J connectivity index is 2.40. The average Bonchev–Trinajstić information content (AvgIpc) is 2.47. The van der Waals surface area contributed by atoms with Gasteiger partial charge in [0.15, 0.2) is 0 Å². The van der Waals surface area contributed by atoms with Gasteiger partial charge < -0.3 is 0 Å². The minimum Gasteiger partial charge on any atom is -0.258 e. The third-order valence-corrected chi connectivity index (χ3v) is 3.96. The summed E-state index contributed by atoms with van der Waals surface area (Å²) in [5.41, 5.74) is 5.19. The van der Waals surface area contributed by atoms with Crippen molar-refractivity contribution in [2.45, 2.75) is 60.3 Å². The van der Waals surface area contributed by atoms with Gasteiger partial charge in [-0.05, 0) is 71.4 Å². The molecular formula is C21H31N. The molecule has 0 aromatic heterocycles. The van der Waals surface area contributed by atoms with Crippen molar-refractivity contribution >= 4 is 11.4 Å². The van der Waals surface area contributed by atoms with Gasteiger partial charge in [-0.3, -0.25) is 4.99 Å². The van der Waals surface area contributed by atoms with Gasteiger partial charge >= 0.3 is 0 Å². The summed E-state index contributed by atoms with van der Waals surface area (Å²) >= 11 is 0. The second-order valence-corrected chi connectivity index (χ2v) is 6.44. The van der Waals surface area contributed by atoms with E-state index in [1.165, 1.54) is 29.7 Å². The largest absolute Gasteiger partial charge is 0.258 e. The van der Waals surface area contributed by atoms with Crippen molar-refractivity contribution < 1.29 is 0 Å². The quantitative estimate of drug-likeness (QED) is 0.366. The molecule has 1 aromatic carbocycles. The number of para-hydroxylation sites is 1. The van der Waals surface area contributed by atoms with E-state index in [4.69, 9.17) is 4.99 Å². The number of aliphatic imine (C=N–C) groups is 1. The molecule has 120 valence electrons. The standard InChI is InChI=1S/C21H31N/c1-17(2)11-9-12-18(3)13-10-14-19(4)20(5)22-21-15-7-6-8-16-21/h6-8,11,13,15-16,19H,9-10,12,14H2,1-5H3. The number of hydrogen-bond donors (Lipinski definition) is 0. The molecule has 1 rings (SSSR count). The van der Waals surface area contributed by atoms with E-state index in [1.807, 2.05) is 18.2 Å². The molecule has 0 amide bonds. The first-order valence-corrected chi connectivity index (χ1v) is 8.38. The summed E-state index contributed by atoms with van der Waals surface area (Å²) in [6, 6.07) is 10.2. The highest BCUT2D eigenvalue weighted by Gasteiger charge is 2.05. The summed E-state index contributed by atoms with van der Waals surface area (Å²) in [5.74, 6) is 0.530. The Morgan fingerprint density at radius 3 is 2.32 bits per heavy atom. The lowest BCUT2D eigenvalue weighted by Crippen LogP contribution is -2.06. The maximum atomic E-state index is 4.71. The van der Waals surface area contributed by atoms with E-state index in [1.54, 1.807) is 0 Å². The molecule has 0 saturated carbocycles. The highest BCUT2D eigenvalue weighted by molar-refractivity contribution is 5.86. The smallest absolute Gasteiger partial charge is 0.0629 e. The van der Waals surface area contributed by atoms with Crippen molar-refractivity contribution in [1.82, 2.24) is 0 Å². The molecule has 0 saturated heterocycles. The zero-order valence-electron chi connectivity index (χ0n) is 14.9. The molecule has 0 heterocycles. The molecule has 1 unspecified atom stereocenters. The summed E-state index contributed by atoms with van der Waals surface area (Å²) in [4.78, 5) is 4.71. The second-order valence-electron chi connectivity index (χ2n) is 6.44.